The number of nitrogens with zero attached hydrogens (tertiary/aromatic N) is 3. The maximum absolute atomic E-state index is 11.9. The Labute approximate surface area is 113 Å². The van der Waals surface area contributed by atoms with E-state index in [0.29, 0.717) is 6.54 Å². The third-order valence-electron chi connectivity index (χ3n) is 2.78. The lowest BCUT2D eigenvalue weighted by Crippen LogP contribution is -2.27. The van der Waals surface area contributed by atoms with E-state index >= 15 is 0 Å². The summed E-state index contributed by atoms with van der Waals surface area (Å²) in [6.45, 7) is 0.736. The van der Waals surface area contributed by atoms with Gasteiger partial charge in [0, 0.05) is 6.54 Å². The van der Waals surface area contributed by atoms with Crippen LogP contribution in [0.1, 0.15) is 5.56 Å². The first kappa shape index (κ1) is 11.9. The molecule has 19 heavy (non-hydrogen) atoms. The van der Waals surface area contributed by atoms with Crippen molar-refractivity contribution in [2.45, 2.75) is 13.1 Å². The lowest BCUT2D eigenvalue weighted by molar-refractivity contribution is -0.121. The van der Waals surface area contributed by atoms with Crippen LogP contribution in [0.25, 0.3) is 11.0 Å². The quantitative estimate of drug-likeness (QED) is 0.788. The predicted octanol–water partition coefficient (Wildman–Crippen LogP) is 1.81. The molecule has 0 radical (unpaired) electrons. The van der Waals surface area contributed by atoms with Crippen molar-refractivity contribution in [1.82, 2.24) is 20.3 Å². The van der Waals surface area contributed by atoms with Gasteiger partial charge < -0.3 is 5.32 Å². The van der Waals surface area contributed by atoms with Gasteiger partial charge >= 0.3 is 0 Å². The number of thiophene rings is 1. The lowest BCUT2D eigenvalue weighted by Gasteiger charge is -2.04. The summed E-state index contributed by atoms with van der Waals surface area (Å²) in [7, 11) is 0. The molecule has 1 N–H and O–H groups in total. The van der Waals surface area contributed by atoms with Crippen LogP contribution >= 0.6 is 11.3 Å². The third kappa shape index (κ3) is 2.63. The highest BCUT2D eigenvalue weighted by Gasteiger charge is 2.08. The van der Waals surface area contributed by atoms with Crippen LogP contribution in [0.5, 0.6) is 0 Å². The largest absolute Gasteiger partial charge is 0.350 e. The molecule has 2 heterocycles. The summed E-state index contributed by atoms with van der Waals surface area (Å²) in [5, 5.41) is 14.9. The van der Waals surface area contributed by atoms with E-state index in [0.717, 1.165) is 16.6 Å². The maximum Gasteiger partial charge on any atom is 0.242 e. The third-order valence-corrected chi connectivity index (χ3v) is 3.52. The minimum atomic E-state index is -0.0677. The summed E-state index contributed by atoms with van der Waals surface area (Å²) in [5.41, 5.74) is 2.78. The van der Waals surface area contributed by atoms with E-state index in [1.165, 1.54) is 0 Å². The van der Waals surface area contributed by atoms with Crippen LogP contribution in [0, 0.1) is 0 Å². The molecule has 0 bridgehead atoms. The Morgan fingerprint density at radius 2 is 2.21 bits per heavy atom. The Morgan fingerprint density at radius 1 is 1.32 bits per heavy atom. The van der Waals surface area contributed by atoms with E-state index in [-0.39, 0.29) is 12.5 Å². The van der Waals surface area contributed by atoms with Crippen LogP contribution in [-0.2, 0) is 17.9 Å². The minimum Gasteiger partial charge on any atom is -0.350 e. The van der Waals surface area contributed by atoms with E-state index in [1.54, 1.807) is 16.0 Å². The fourth-order valence-corrected chi connectivity index (χ4v) is 2.49. The van der Waals surface area contributed by atoms with Gasteiger partial charge in [0.05, 0.1) is 5.52 Å². The topological polar surface area (TPSA) is 59.8 Å². The molecule has 3 rings (SSSR count). The first-order valence-corrected chi connectivity index (χ1v) is 6.83. The number of fused-ring (bicyclic) bond motifs is 1. The summed E-state index contributed by atoms with van der Waals surface area (Å²) in [6.07, 6.45) is 0. The number of carbonyl (C=O) groups excluding carboxylic acids is 1. The highest BCUT2D eigenvalue weighted by molar-refractivity contribution is 7.07. The smallest absolute Gasteiger partial charge is 0.242 e. The summed E-state index contributed by atoms with van der Waals surface area (Å²) in [4.78, 5) is 11.9. The van der Waals surface area contributed by atoms with Gasteiger partial charge in [0.25, 0.3) is 0 Å². The molecular formula is C13H12N4OS. The number of aromatic nitrogens is 3. The van der Waals surface area contributed by atoms with E-state index in [2.05, 4.69) is 15.6 Å². The molecule has 3 aromatic rings. The zero-order valence-corrected chi connectivity index (χ0v) is 10.9. The van der Waals surface area contributed by atoms with Gasteiger partial charge in [-0.3, -0.25) is 4.79 Å². The Balaban J connectivity index is 1.66. The van der Waals surface area contributed by atoms with Crippen molar-refractivity contribution < 1.29 is 4.79 Å². The van der Waals surface area contributed by atoms with Gasteiger partial charge in [-0.25, -0.2) is 4.68 Å². The van der Waals surface area contributed by atoms with Crippen molar-refractivity contribution in [3.63, 3.8) is 0 Å². The minimum absolute atomic E-state index is 0.0677. The molecule has 2 aromatic heterocycles. The molecule has 0 aliphatic rings. The van der Waals surface area contributed by atoms with Crippen molar-refractivity contribution in [3.8, 4) is 0 Å². The highest BCUT2D eigenvalue weighted by Crippen LogP contribution is 2.09. The molecule has 1 amide bonds. The second-order valence-electron chi connectivity index (χ2n) is 4.14. The molecule has 0 saturated heterocycles. The van der Waals surface area contributed by atoms with Crippen molar-refractivity contribution in [1.29, 1.82) is 0 Å². The zero-order valence-electron chi connectivity index (χ0n) is 10.1. The normalized spacial score (nSPS) is 10.7. The lowest BCUT2D eigenvalue weighted by atomic mass is 10.3. The predicted molar refractivity (Wildman–Crippen MR) is 73.7 cm³/mol. The molecule has 0 spiro atoms. The molecule has 0 fully saturated rings. The Morgan fingerprint density at radius 3 is 3.05 bits per heavy atom. The van der Waals surface area contributed by atoms with Gasteiger partial charge in [-0.15, -0.1) is 5.10 Å². The maximum atomic E-state index is 11.9. The zero-order chi connectivity index (χ0) is 13.1. The molecular weight excluding hydrogens is 260 g/mol. The fourth-order valence-electron chi connectivity index (χ4n) is 1.82. The highest BCUT2D eigenvalue weighted by atomic mass is 32.1. The molecule has 5 nitrogen and oxygen atoms in total. The van der Waals surface area contributed by atoms with E-state index in [9.17, 15) is 4.79 Å². The second-order valence-corrected chi connectivity index (χ2v) is 4.92. The van der Waals surface area contributed by atoms with Crippen molar-refractivity contribution in [2.24, 2.45) is 0 Å². The van der Waals surface area contributed by atoms with Crippen molar-refractivity contribution in [3.05, 3.63) is 46.7 Å². The van der Waals surface area contributed by atoms with Crippen LogP contribution in [0.15, 0.2) is 41.1 Å². The van der Waals surface area contributed by atoms with Crippen LogP contribution < -0.4 is 5.32 Å². The van der Waals surface area contributed by atoms with Gasteiger partial charge in [-0.2, -0.15) is 11.3 Å². The first-order chi connectivity index (χ1) is 9.33. The van der Waals surface area contributed by atoms with E-state index in [1.807, 2.05) is 41.1 Å². The van der Waals surface area contributed by atoms with Gasteiger partial charge in [-0.1, -0.05) is 17.3 Å². The molecule has 6 heteroatoms. The molecule has 1 aromatic carbocycles. The Bertz CT molecular complexity index is 690. The average molecular weight is 272 g/mol. The number of hydrogen-bond acceptors (Lipinski definition) is 4. The number of hydrogen-bond donors (Lipinski definition) is 1. The molecule has 0 aliphatic carbocycles. The number of rotatable bonds is 4. The van der Waals surface area contributed by atoms with Gasteiger partial charge in [0.2, 0.25) is 5.91 Å². The summed E-state index contributed by atoms with van der Waals surface area (Å²) >= 11 is 1.62. The van der Waals surface area contributed by atoms with Crippen LogP contribution in [0.2, 0.25) is 0 Å². The Hall–Kier alpha value is -2.21. The number of amides is 1. The SMILES string of the molecule is O=C(Cn1nnc2ccccc21)NCc1ccsc1. The standard InChI is InChI=1S/C13H12N4OS/c18-13(14-7-10-5-6-19-9-10)8-17-12-4-2-1-3-11(12)15-16-17/h1-6,9H,7-8H2,(H,14,18). The number of para-hydroxylation sites is 1. The van der Waals surface area contributed by atoms with Crippen LogP contribution in [0.4, 0.5) is 0 Å². The summed E-state index contributed by atoms with van der Waals surface area (Å²) < 4.78 is 1.61. The van der Waals surface area contributed by atoms with Gasteiger partial charge in [0.15, 0.2) is 0 Å². The van der Waals surface area contributed by atoms with Crippen molar-refractivity contribution >= 4 is 28.3 Å². The first-order valence-electron chi connectivity index (χ1n) is 5.89. The monoisotopic (exact) mass is 272 g/mol. The van der Waals surface area contributed by atoms with E-state index in [4.69, 9.17) is 0 Å². The van der Waals surface area contributed by atoms with Crippen molar-refractivity contribution in [2.75, 3.05) is 0 Å². The molecule has 0 unspecified atom stereocenters. The number of benzene rings is 1. The van der Waals surface area contributed by atoms with Crippen LogP contribution in [-0.4, -0.2) is 20.9 Å². The number of carbonyl (C=O) groups is 1. The van der Waals surface area contributed by atoms with Gasteiger partial charge in [0.1, 0.15) is 12.1 Å². The average Bonchev–Trinajstić information content (AvgIpc) is 3.07. The van der Waals surface area contributed by atoms with Gasteiger partial charge in [-0.05, 0) is 34.5 Å². The molecule has 0 atom stereocenters. The van der Waals surface area contributed by atoms with E-state index < -0.39 is 0 Å². The second kappa shape index (κ2) is 5.19. The fraction of sp³-hybridized carbons (Fsp3) is 0.154. The molecule has 0 saturated carbocycles. The summed E-state index contributed by atoms with van der Waals surface area (Å²) in [6, 6.07) is 9.59. The number of nitrogens with one attached hydrogen (secondary N) is 1. The molecule has 0 aliphatic heterocycles. The van der Waals surface area contributed by atoms with Crippen LogP contribution in [0.3, 0.4) is 0 Å². The summed E-state index contributed by atoms with van der Waals surface area (Å²) in [5.74, 6) is -0.0677. The molecule has 96 valence electrons. The Kier molecular flexibility index (Phi) is 3.24.